The number of benzene rings is 1. The molecule has 1 amide bonds. The number of rotatable bonds is 2. The average Bonchev–Trinajstić information content (AvgIpc) is 2.59. The van der Waals surface area contributed by atoms with E-state index in [-0.39, 0.29) is 36.6 Å². The molecule has 0 aliphatic carbocycles. The number of carbonyl (C=O) groups is 1. The highest BCUT2D eigenvalue weighted by atomic mass is 36.0. The minimum absolute atomic E-state index is 0.0405. The maximum absolute atomic E-state index is 12.5. The standard InChI is InChI=1S/C13H12F3N3O3S.Cl2O2S/c14-13(15,16)12(20)18-5-7-19(8-6-18)23(21,22)11-4-2-1-3-10(11)9-17;1-5(2,3)4/h1-4H,5-8H2;. The molecule has 0 radical (unpaired) electrons. The van der Waals surface area contributed by atoms with Crippen LogP contribution in [0.25, 0.3) is 0 Å². The summed E-state index contributed by atoms with van der Waals surface area (Å²) in [5, 5.41) is 8.97. The summed E-state index contributed by atoms with van der Waals surface area (Å²) in [4.78, 5) is 11.5. The monoisotopic (exact) mass is 481 g/mol. The molecule has 0 saturated carbocycles. The number of nitrogens with zero attached hydrogens (tertiary/aromatic N) is 3. The van der Waals surface area contributed by atoms with Crippen molar-refractivity contribution in [3.63, 3.8) is 0 Å². The van der Waals surface area contributed by atoms with Gasteiger partial charge in [-0.15, -0.1) is 0 Å². The highest BCUT2D eigenvalue weighted by Crippen LogP contribution is 2.23. The molecule has 2 rings (SSSR count). The normalized spacial score (nSPS) is 15.9. The van der Waals surface area contributed by atoms with Crippen LogP contribution in [0.3, 0.4) is 0 Å². The first-order valence-corrected chi connectivity index (χ1v) is 11.7. The Kier molecular flexibility index (Phi) is 8.10. The van der Waals surface area contributed by atoms with E-state index in [0.29, 0.717) is 4.90 Å². The van der Waals surface area contributed by atoms with Crippen LogP contribution in [-0.2, 0) is 23.1 Å². The zero-order valence-corrected chi connectivity index (χ0v) is 16.9. The molecule has 1 saturated heterocycles. The van der Waals surface area contributed by atoms with Crippen molar-refractivity contribution in [3.8, 4) is 6.07 Å². The second kappa shape index (κ2) is 9.27. The number of carbonyl (C=O) groups excluding carboxylic acids is 1. The van der Waals surface area contributed by atoms with E-state index in [4.69, 9.17) is 13.7 Å². The molecule has 0 spiro atoms. The van der Waals surface area contributed by atoms with Gasteiger partial charge in [0.1, 0.15) is 6.07 Å². The lowest BCUT2D eigenvalue weighted by molar-refractivity contribution is -0.186. The van der Waals surface area contributed by atoms with Crippen molar-refractivity contribution in [3.05, 3.63) is 29.8 Å². The lowest BCUT2D eigenvalue weighted by atomic mass is 10.2. The van der Waals surface area contributed by atoms with Crippen LogP contribution in [0.15, 0.2) is 29.2 Å². The van der Waals surface area contributed by atoms with E-state index in [2.05, 4.69) is 21.4 Å². The summed E-state index contributed by atoms with van der Waals surface area (Å²) < 4.78 is 81.4. The van der Waals surface area contributed by atoms with Crippen molar-refractivity contribution in [2.75, 3.05) is 26.2 Å². The Labute approximate surface area is 168 Å². The van der Waals surface area contributed by atoms with Gasteiger partial charge < -0.3 is 4.90 Å². The van der Waals surface area contributed by atoms with Crippen LogP contribution < -0.4 is 0 Å². The SMILES string of the molecule is N#Cc1ccccc1S(=O)(=O)N1CCN(C(=O)C(F)(F)F)CC1.O=S(=O)(Cl)Cl. The van der Waals surface area contributed by atoms with E-state index >= 15 is 0 Å². The molecular formula is C13H12Cl2F3N3O5S2. The predicted molar refractivity (Wildman–Crippen MR) is 93.2 cm³/mol. The van der Waals surface area contributed by atoms with Gasteiger partial charge in [-0.3, -0.25) is 4.79 Å². The smallest absolute Gasteiger partial charge is 0.332 e. The van der Waals surface area contributed by atoms with Gasteiger partial charge in [-0.05, 0) is 12.1 Å². The Hall–Kier alpha value is -1.59. The Bertz CT molecular complexity index is 962. The molecule has 0 unspecified atom stereocenters. The van der Waals surface area contributed by atoms with Crippen molar-refractivity contribution < 1.29 is 34.8 Å². The number of halogens is 5. The molecule has 1 heterocycles. The summed E-state index contributed by atoms with van der Waals surface area (Å²) in [6.07, 6.45) is -4.98. The largest absolute Gasteiger partial charge is 0.471 e. The van der Waals surface area contributed by atoms with Gasteiger partial charge in [0.05, 0.1) is 10.5 Å². The van der Waals surface area contributed by atoms with Crippen molar-refractivity contribution in [2.45, 2.75) is 11.1 Å². The molecule has 1 aliphatic heterocycles. The molecule has 0 bridgehead atoms. The quantitative estimate of drug-likeness (QED) is 0.593. The Morgan fingerprint density at radius 3 is 1.93 bits per heavy atom. The number of sulfonamides is 1. The second-order valence-corrected chi connectivity index (χ2v) is 10.8. The van der Waals surface area contributed by atoms with Gasteiger partial charge in [0.15, 0.2) is 0 Å². The fourth-order valence-electron chi connectivity index (χ4n) is 2.23. The van der Waals surface area contributed by atoms with Crippen LogP contribution >= 0.6 is 21.4 Å². The van der Waals surface area contributed by atoms with Crippen LogP contribution in [-0.4, -0.2) is 64.3 Å². The fraction of sp³-hybridized carbons (Fsp3) is 0.385. The highest BCUT2D eigenvalue weighted by molar-refractivity contribution is 8.31. The minimum atomic E-state index is -4.98. The Morgan fingerprint density at radius 1 is 1.04 bits per heavy atom. The molecule has 0 atom stereocenters. The van der Waals surface area contributed by atoms with Crippen LogP contribution in [0.2, 0.25) is 0 Å². The van der Waals surface area contributed by atoms with Gasteiger partial charge in [-0.2, -0.15) is 31.2 Å². The molecule has 156 valence electrons. The molecule has 15 heteroatoms. The molecule has 0 N–H and O–H groups in total. The van der Waals surface area contributed by atoms with E-state index in [1.165, 1.54) is 24.3 Å². The van der Waals surface area contributed by atoms with Crippen molar-refractivity contribution in [1.29, 1.82) is 5.26 Å². The zero-order chi connectivity index (χ0) is 21.8. The molecule has 8 nitrogen and oxygen atoms in total. The summed E-state index contributed by atoms with van der Waals surface area (Å²) in [5.74, 6) is -1.98. The maximum atomic E-state index is 12.5. The third kappa shape index (κ3) is 7.10. The van der Waals surface area contributed by atoms with Crippen LogP contribution in [0.5, 0.6) is 0 Å². The lowest BCUT2D eigenvalue weighted by Crippen LogP contribution is -2.53. The lowest BCUT2D eigenvalue weighted by Gasteiger charge is -2.34. The van der Waals surface area contributed by atoms with Crippen LogP contribution in [0.1, 0.15) is 5.56 Å². The van der Waals surface area contributed by atoms with Gasteiger partial charge >= 0.3 is 20.3 Å². The maximum Gasteiger partial charge on any atom is 0.471 e. The summed E-state index contributed by atoms with van der Waals surface area (Å²) in [6.45, 7) is -1.23. The van der Waals surface area contributed by atoms with Crippen LogP contribution in [0.4, 0.5) is 13.2 Å². The minimum Gasteiger partial charge on any atom is -0.332 e. The van der Waals surface area contributed by atoms with Gasteiger partial charge in [-0.25, -0.2) is 8.42 Å². The Balaban J connectivity index is 0.000000696. The van der Waals surface area contributed by atoms with Crippen LogP contribution in [0, 0.1) is 11.3 Å². The number of alkyl halides is 3. The van der Waals surface area contributed by atoms with Gasteiger partial charge in [0.2, 0.25) is 10.0 Å². The second-order valence-electron chi connectivity index (χ2n) is 5.18. The number of nitriles is 1. The van der Waals surface area contributed by atoms with E-state index in [1.54, 1.807) is 6.07 Å². The number of hydrogen-bond acceptors (Lipinski definition) is 6. The molecule has 28 heavy (non-hydrogen) atoms. The highest BCUT2D eigenvalue weighted by Gasteiger charge is 2.44. The molecule has 1 aromatic rings. The first kappa shape index (κ1) is 24.4. The summed E-state index contributed by atoms with van der Waals surface area (Å²) in [5.41, 5.74) is -0.0405. The number of hydrogen-bond donors (Lipinski definition) is 0. The van der Waals surface area contributed by atoms with Crippen molar-refractivity contribution in [1.82, 2.24) is 9.21 Å². The van der Waals surface area contributed by atoms with E-state index < -0.39 is 30.4 Å². The molecule has 1 aromatic carbocycles. The van der Waals surface area contributed by atoms with Crippen molar-refractivity contribution in [2.24, 2.45) is 0 Å². The number of amides is 1. The molecule has 1 aliphatic rings. The average molecular weight is 482 g/mol. The van der Waals surface area contributed by atoms with E-state index in [0.717, 1.165) is 4.31 Å². The third-order valence-electron chi connectivity index (χ3n) is 3.39. The van der Waals surface area contributed by atoms with Gasteiger partial charge in [-0.1, -0.05) is 12.1 Å². The van der Waals surface area contributed by atoms with Gasteiger partial charge in [0.25, 0.3) is 0 Å². The first-order chi connectivity index (χ1) is 12.7. The molecular weight excluding hydrogens is 470 g/mol. The summed E-state index contributed by atoms with van der Waals surface area (Å²) in [7, 11) is 0.815. The molecule has 0 aromatic heterocycles. The Morgan fingerprint density at radius 2 is 1.50 bits per heavy atom. The number of piperazine rings is 1. The van der Waals surface area contributed by atoms with Gasteiger partial charge in [0, 0.05) is 47.5 Å². The predicted octanol–water partition coefficient (Wildman–Crippen LogP) is 1.66. The fourth-order valence-corrected chi connectivity index (χ4v) is 3.80. The molecule has 1 fully saturated rings. The third-order valence-corrected chi connectivity index (χ3v) is 5.35. The van der Waals surface area contributed by atoms with E-state index in [9.17, 15) is 26.4 Å². The summed E-state index contributed by atoms with van der Waals surface area (Å²) >= 11 is 0. The first-order valence-electron chi connectivity index (χ1n) is 7.17. The topological polar surface area (TPSA) is 116 Å². The summed E-state index contributed by atoms with van der Waals surface area (Å²) in [6, 6.07) is 7.34. The van der Waals surface area contributed by atoms with Crippen molar-refractivity contribution >= 4 is 45.6 Å². The van der Waals surface area contributed by atoms with E-state index in [1.807, 2.05) is 0 Å². The zero-order valence-electron chi connectivity index (χ0n) is 13.7.